The lowest BCUT2D eigenvalue weighted by molar-refractivity contribution is -0.147. The fraction of sp³-hybridized carbons (Fsp3) is 0.304. The molecule has 0 fully saturated rings. The average molecular weight is 392 g/mol. The van der Waals surface area contributed by atoms with E-state index in [2.05, 4.69) is 0 Å². The largest absolute Gasteiger partial charge is 0.497 e. The maximum atomic E-state index is 13.5. The standard InChI is InChI=1S/C23H24N2O4/c1-4-13-24-20(15-9-11-17(28-2)12-10-15)21(23(27)29-3)25-18-8-6-5-7-16(18)14-19(25)22(24)26/h5-12,14,20-21H,4,13H2,1-3H3/t20-,21+/m1/s1. The SMILES string of the molecule is CCCN1C(=O)c2cc3ccccc3n2[C@H](C(=O)OC)[C@H]1c1ccc(OC)cc1. The normalized spacial score (nSPS) is 18.6. The van der Waals surface area contributed by atoms with Gasteiger partial charge in [0, 0.05) is 17.4 Å². The molecular weight excluding hydrogens is 368 g/mol. The van der Waals surface area contributed by atoms with Crippen LogP contribution >= 0.6 is 0 Å². The van der Waals surface area contributed by atoms with Gasteiger partial charge in [0.15, 0.2) is 6.04 Å². The number of carbonyl (C=O) groups is 2. The Labute approximate surface area is 169 Å². The van der Waals surface area contributed by atoms with Crippen molar-refractivity contribution in [1.82, 2.24) is 9.47 Å². The van der Waals surface area contributed by atoms with E-state index in [-0.39, 0.29) is 11.9 Å². The molecule has 6 nitrogen and oxygen atoms in total. The summed E-state index contributed by atoms with van der Waals surface area (Å²) < 4.78 is 12.3. The van der Waals surface area contributed by atoms with Crippen LogP contribution in [0.1, 0.15) is 41.5 Å². The van der Waals surface area contributed by atoms with Crippen molar-refractivity contribution in [2.24, 2.45) is 0 Å². The topological polar surface area (TPSA) is 60.8 Å². The summed E-state index contributed by atoms with van der Waals surface area (Å²) in [6.45, 7) is 2.57. The second-order valence-electron chi connectivity index (χ2n) is 7.14. The number of amides is 1. The lowest BCUT2D eigenvalue weighted by atomic mass is 9.93. The molecule has 0 bridgehead atoms. The van der Waals surface area contributed by atoms with Gasteiger partial charge in [0.2, 0.25) is 0 Å². The molecule has 2 heterocycles. The van der Waals surface area contributed by atoms with Crippen molar-refractivity contribution in [1.29, 1.82) is 0 Å². The van der Waals surface area contributed by atoms with Crippen molar-refractivity contribution in [3.05, 3.63) is 65.9 Å². The fourth-order valence-corrected chi connectivity index (χ4v) is 4.23. The first-order chi connectivity index (χ1) is 14.1. The van der Waals surface area contributed by atoms with Crippen LogP contribution in [0.4, 0.5) is 0 Å². The Hall–Kier alpha value is -3.28. The molecule has 29 heavy (non-hydrogen) atoms. The first-order valence-corrected chi connectivity index (χ1v) is 9.73. The van der Waals surface area contributed by atoms with Crippen LogP contribution in [-0.4, -0.2) is 42.1 Å². The number of ether oxygens (including phenoxy) is 2. The van der Waals surface area contributed by atoms with E-state index in [0.717, 1.165) is 28.6 Å². The molecule has 1 aliphatic rings. The minimum atomic E-state index is -0.674. The van der Waals surface area contributed by atoms with Crippen LogP contribution in [0.5, 0.6) is 5.75 Å². The molecule has 0 radical (unpaired) electrons. The summed E-state index contributed by atoms with van der Waals surface area (Å²) in [6.07, 6.45) is 0.784. The van der Waals surface area contributed by atoms with Crippen molar-refractivity contribution >= 4 is 22.8 Å². The van der Waals surface area contributed by atoms with Gasteiger partial charge in [-0.05, 0) is 36.2 Å². The number of carbonyl (C=O) groups excluding carboxylic acids is 2. The summed E-state index contributed by atoms with van der Waals surface area (Å²) in [5.74, 6) is 0.269. The molecule has 0 aliphatic carbocycles. The molecule has 4 rings (SSSR count). The maximum Gasteiger partial charge on any atom is 0.331 e. The summed E-state index contributed by atoms with van der Waals surface area (Å²) in [6, 6.07) is 16.0. The number of fused-ring (bicyclic) bond motifs is 3. The first-order valence-electron chi connectivity index (χ1n) is 9.73. The second-order valence-corrected chi connectivity index (χ2v) is 7.14. The first kappa shape index (κ1) is 19.1. The number of para-hydroxylation sites is 1. The molecule has 2 atom stereocenters. The van der Waals surface area contributed by atoms with E-state index in [1.807, 2.05) is 66.1 Å². The molecular formula is C23H24N2O4. The summed E-state index contributed by atoms with van der Waals surface area (Å²) in [4.78, 5) is 28.3. The quantitative estimate of drug-likeness (QED) is 0.617. The molecule has 6 heteroatoms. The van der Waals surface area contributed by atoms with Gasteiger partial charge >= 0.3 is 5.97 Å². The van der Waals surface area contributed by atoms with Gasteiger partial charge in [-0.25, -0.2) is 4.79 Å². The predicted molar refractivity (Wildman–Crippen MR) is 110 cm³/mol. The van der Waals surface area contributed by atoms with E-state index in [1.165, 1.54) is 7.11 Å². The molecule has 0 saturated carbocycles. The minimum absolute atomic E-state index is 0.0796. The molecule has 1 amide bonds. The Morgan fingerprint density at radius 1 is 1.07 bits per heavy atom. The number of benzene rings is 2. The van der Waals surface area contributed by atoms with Gasteiger partial charge in [0.1, 0.15) is 11.4 Å². The van der Waals surface area contributed by atoms with Gasteiger partial charge in [-0.2, -0.15) is 0 Å². The lowest BCUT2D eigenvalue weighted by Gasteiger charge is -2.41. The van der Waals surface area contributed by atoms with Crippen molar-refractivity contribution in [2.45, 2.75) is 25.4 Å². The number of aromatic nitrogens is 1. The number of rotatable bonds is 5. The monoisotopic (exact) mass is 392 g/mol. The zero-order chi connectivity index (χ0) is 20.5. The van der Waals surface area contributed by atoms with Crippen molar-refractivity contribution < 1.29 is 19.1 Å². The fourth-order valence-electron chi connectivity index (χ4n) is 4.23. The summed E-state index contributed by atoms with van der Waals surface area (Å²) >= 11 is 0. The van der Waals surface area contributed by atoms with Gasteiger partial charge in [0.05, 0.1) is 20.3 Å². The molecule has 3 aromatic rings. The lowest BCUT2D eigenvalue weighted by Crippen LogP contribution is -2.48. The molecule has 1 aromatic heterocycles. The maximum absolute atomic E-state index is 13.5. The number of nitrogens with zero attached hydrogens (tertiary/aromatic N) is 2. The highest BCUT2D eigenvalue weighted by atomic mass is 16.5. The number of hydrogen-bond acceptors (Lipinski definition) is 4. The Bertz CT molecular complexity index is 1050. The van der Waals surface area contributed by atoms with E-state index in [1.54, 1.807) is 12.0 Å². The number of methoxy groups -OCH3 is 2. The van der Waals surface area contributed by atoms with Gasteiger partial charge in [-0.15, -0.1) is 0 Å². The van der Waals surface area contributed by atoms with E-state index in [0.29, 0.717) is 12.2 Å². The molecule has 0 N–H and O–H groups in total. The van der Waals surface area contributed by atoms with E-state index in [4.69, 9.17) is 9.47 Å². The molecule has 150 valence electrons. The molecule has 0 unspecified atom stereocenters. The third-order valence-electron chi connectivity index (χ3n) is 5.51. The summed E-state index contributed by atoms with van der Waals surface area (Å²) in [7, 11) is 3.00. The number of hydrogen-bond donors (Lipinski definition) is 0. The van der Waals surface area contributed by atoms with Crippen molar-refractivity contribution in [3.8, 4) is 5.75 Å². The van der Waals surface area contributed by atoms with E-state index >= 15 is 0 Å². The van der Waals surface area contributed by atoms with Crippen LogP contribution in [0.2, 0.25) is 0 Å². The van der Waals surface area contributed by atoms with Crippen LogP contribution in [0.25, 0.3) is 10.9 Å². The van der Waals surface area contributed by atoms with Crippen molar-refractivity contribution in [3.63, 3.8) is 0 Å². The highest BCUT2D eigenvalue weighted by Crippen LogP contribution is 2.42. The molecule has 1 aliphatic heterocycles. The van der Waals surface area contributed by atoms with Gasteiger partial charge in [-0.1, -0.05) is 37.3 Å². The average Bonchev–Trinajstić information content (AvgIpc) is 3.15. The van der Waals surface area contributed by atoms with Gasteiger partial charge in [0.25, 0.3) is 5.91 Å². The minimum Gasteiger partial charge on any atom is -0.497 e. The van der Waals surface area contributed by atoms with E-state index < -0.39 is 12.1 Å². The molecule has 0 spiro atoms. The Kier molecular flexibility index (Phi) is 5.01. The smallest absolute Gasteiger partial charge is 0.331 e. The highest BCUT2D eigenvalue weighted by molar-refractivity contribution is 6.01. The van der Waals surface area contributed by atoms with Crippen molar-refractivity contribution in [2.75, 3.05) is 20.8 Å². The highest BCUT2D eigenvalue weighted by Gasteiger charge is 2.45. The molecule has 2 aromatic carbocycles. The van der Waals surface area contributed by atoms with Crippen LogP contribution in [0.15, 0.2) is 54.6 Å². The van der Waals surface area contributed by atoms with Gasteiger partial charge < -0.3 is 18.9 Å². The van der Waals surface area contributed by atoms with Crippen LogP contribution in [0.3, 0.4) is 0 Å². The number of esters is 1. The van der Waals surface area contributed by atoms with Crippen LogP contribution in [-0.2, 0) is 9.53 Å². The Morgan fingerprint density at radius 3 is 2.45 bits per heavy atom. The predicted octanol–water partition coefficient (Wildman–Crippen LogP) is 3.97. The van der Waals surface area contributed by atoms with Crippen LogP contribution in [0, 0.1) is 0 Å². The Balaban J connectivity index is 1.97. The Morgan fingerprint density at radius 2 is 1.79 bits per heavy atom. The van der Waals surface area contributed by atoms with E-state index in [9.17, 15) is 9.59 Å². The summed E-state index contributed by atoms with van der Waals surface area (Å²) in [5.41, 5.74) is 2.23. The third kappa shape index (κ3) is 3.05. The van der Waals surface area contributed by atoms with Gasteiger partial charge in [-0.3, -0.25) is 4.79 Å². The third-order valence-corrected chi connectivity index (χ3v) is 5.51. The molecule has 0 saturated heterocycles. The van der Waals surface area contributed by atoms with Crippen LogP contribution < -0.4 is 4.74 Å². The zero-order valence-corrected chi connectivity index (χ0v) is 16.8. The summed E-state index contributed by atoms with van der Waals surface area (Å²) in [5, 5.41) is 0.927. The second kappa shape index (κ2) is 7.62. The zero-order valence-electron chi connectivity index (χ0n) is 16.8.